The highest BCUT2D eigenvalue weighted by Crippen LogP contribution is 2.40. The van der Waals surface area contributed by atoms with E-state index in [2.05, 4.69) is 5.32 Å². The fraction of sp³-hybridized carbons (Fsp3) is 0.444. The lowest BCUT2D eigenvalue weighted by atomic mass is 9.79. The minimum atomic E-state index is -1.18. The predicted octanol–water partition coefficient (Wildman–Crippen LogP) is 3.57. The number of carboxylic acid groups (broad SMARTS) is 1. The monoisotopic (exact) mass is 319 g/mol. The van der Waals surface area contributed by atoms with Gasteiger partial charge >= 0.3 is 5.97 Å². The minimum Gasteiger partial charge on any atom is -0.507 e. The summed E-state index contributed by atoms with van der Waals surface area (Å²) in [7, 11) is 0. The van der Waals surface area contributed by atoms with Crippen molar-refractivity contribution in [2.45, 2.75) is 52.4 Å². The molecule has 0 saturated heterocycles. The molecule has 0 aliphatic heterocycles. The van der Waals surface area contributed by atoms with E-state index in [1.54, 1.807) is 12.1 Å². The lowest BCUT2D eigenvalue weighted by molar-refractivity contribution is -0.131. The summed E-state index contributed by atoms with van der Waals surface area (Å²) in [6, 6.07) is 3.44. The standard InChI is InChI=1S/C18H25NO4/c1-17(2,3)12-9-11(19-14(20)7-8-15(21)22)10-13(16(12)23)18(4,5)6/h7-10,23H,1-6H3,(H,19,20)(H,21,22). The van der Waals surface area contributed by atoms with E-state index in [1.165, 1.54) is 0 Å². The summed E-state index contributed by atoms with van der Waals surface area (Å²) in [4.78, 5) is 22.3. The molecule has 3 N–H and O–H groups in total. The van der Waals surface area contributed by atoms with Gasteiger partial charge in [0.15, 0.2) is 0 Å². The van der Waals surface area contributed by atoms with Gasteiger partial charge in [0.05, 0.1) is 0 Å². The highest BCUT2D eigenvalue weighted by atomic mass is 16.4. The van der Waals surface area contributed by atoms with Crippen molar-refractivity contribution in [2.24, 2.45) is 0 Å². The van der Waals surface area contributed by atoms with Crippen molar-refractivity contribution in [1.82, 2.24) is 0 Å². The van der Waals surface area contributed by atoms with Crippen LogP contribution in [0.5, 0.6) is 5.75 Å². The Bertz CT molecular complexity index is 611. The Morgan fingerprint density at radius 1 is 0.957 bits per heavy atom. The van der Waals surface area contributed by atoms with E-state index in [0.717, 1.165) is 23.3 Å². The molecule has 1 rings (SSSR count). The number of hydrogen-bond acceptors (Lipinski definition) is 3. The van der Waals surface area contributed by atoms with Gasteiger partial charge < -0.3 is 15.5 Å². The summed E-state index contributed by atoms with van der Waals surface area (Å²) < 4.78 is 0. The largest absolute Gasteiger partial charge is 0.507 e. The van der Waals surface area contributed by atoms with Gasteiger partial charge in [-0.1, -0.05) is 41.5 Å². The van der Waals surface area contributed by atoms with Crippen LogP contribution in [0.4, 0.5) is 5.69 Å². The number of nitrogens with one attached hydrogen (secondary N) is 1. The van der Waals surface area contributed by atoms with E-state index < -0.39 is 11.9 Å². The Balaban J connectivity index is 3.34. The maximum Gasteiger partial charge on any atom is 0.328 e. The van der Waals surface area contributed by atoms with Crippen LogP contribution in [0.25, 0.3) is 0 Å². The Kier molecular flexibility index (Phi) is 5.25. The van der Waals surface area contributed by atoms with E-state index in [4.69, 9.17) is 5.11 Å². The molecule has 0 unspecified atom stereocenters. The highest BCUT2D eigenvalue weighted by molar-refractivity contribution is 6.02. The third-order valence-electron chi connectivity index (χ3n) is 3.37. The second-order valence-electron chi connectivity index (χ2n) is 7.58. The number of rotatable bonds is 3. The van der Waals surface area contributed by atoms with Crippen LogP contribution in [0.15, 0.2) is 24.3 Å². The SMILES string of the molecule is CC(C)(C)c1cc(NC(=O)C=CC(=O)O)cc(C(C)(C)C)c1O. The molecular formula is C18H25NO4. The maximum absolute atomic E-state index is 11.8. The molecule has 23 heavy (non-hydrogen) atoms. The molecule has 0 aliphatic rings. The number of aliphatic carboxylic acids is 1. The molecule has 5 nitrogen and oxygen atoms in total. The van der Waals surface area contributed by atoms with Crippen molar-refractivity contribution in [1.29, 1.82) is 0 Å². The number of aromatic hydroxyl groups is 1. The molecule has 1 amide bonds. The van der Waals surface area contributed by atoms with Crippen LogP contribution in [0.1, 0.15) is 52.7 Å². The predicted molar refractivity (Wildman–Crippen MR) is 90.9 cm³/mol. The molecule has 0 spiro atoms. The first-order chi connectivity index (χ1) is 10.3. The molecule has 0 radical (unpaired) electrons. The van der Waals surface area contributed by atoms with Crippen molar-refractivity contribution in [2.75, 3.05) is 5.32 Å². The average molecular weight is 319 g/mol. The molecular weight excluding hydrogens is 294 g/mol. The van der Waals surface area contributed by atoms with Gasteiger partial charge in [-0.25, -0.2) is 4.79 Å². The first-order valence-electron chi connectivity index (χ1n) is 7.42. The third kappa shape index (κ3) is 5.13. The third-order valence-corrected chi connectivity index (χ3v) is 3.37. The van der Waals surface area contributed by atoms with Crippen molar-refractivity contribution < 1.29 is 19.8 Å². The zero-order chi connectivity index (χ0) is 18.0. The van der Waals surface area contributed by atoms with Gasteiger partial charge in [-0.15, -0.1) is 0 Å². The molecule has 1 aromatic rings. The van der Waals surface area contributed by atoms with Crippen LogP contribution < -0.4 is 5.32 Å². The lowest BCUT2D eigenvalue weighted by Crippen LogP contribution is -2.19. The van der Waals surface area contributed by atoms with Gasteiger partial charge in [-0.3, -0.25) is 4.79 Å². The fourth-order valence-electron chi connectivity index (χ4n) is 2.18. The first kappa shape index (κ1) is 18.7. The number of carboxylic acids is 1. The molecule has 0 aliphatic carbocycles. The number of carbonyl (C=O) groups is 2. The number of phenolic OH excluding ortho intramolecular Hbond substituents is 1. The molecule has 0 saturated carbocycles. The maximum atomic E-state index is 11.8. The van der Waals surface area contributed by atoms with Crippen molar-refractivity contribution in [3.05, 3.63) is 35.4 Å². The van der Waals surface area contributed by atoms with E-state index in [-0.39, 0.29) is 16.6 Å². The topological polar surface area (TPSA) is 86.6 Å². The Labute approximate surface area is 137 Å². The number of anilines is 1. The molecule has 0 fully saturated rings. The Morgan fingerprint density at radius 2 is 1.39 bits per heavy atom. The van der Waals surface area contributed by atoms with Crippen molar-refractivity contribution in [3.8, 4) is 5.75 Å². The summed E-state index contributed by atoms with van der Waals surface area (Å²) in [6.45, 7) is 11.9. The Hall–Kier alpha value is -2.30. The van der Waals surface area contributed by atoms with Crippen LogP contribution >= 0.6 is 0 Å². The minimum absolute atomic E-state index is 0.226. The zero-order valence-electron chi connectivity index (χ0n) is 14.5. The van der Waals surface area contributed by atoms with E-state index in [9.17, 15) is 14.7 Å². The van der Waals surface area contributed by atoms with Crippen LogP contribution in [0, 0.1) is 0 Å². The number of hydrogen-bond donors (Lipinski definition) is 3. The molecule has 0 bridgehead atoms. The van der Waals surface area contributed by atoms with Gasteiger partial charge in [-0.05, 0) is 23.0 Å². The summed E-state index contributed by atoms with van der Waals surface area (Å²) >= 11 is 0. The zero-order valence-corrected chi connectivity index (χ0v) is 14.5. The van der Waals surface area contributed by atoms with Crippen LogP contribution in [0.2, 0.25) is 0 Å². The van der Waals surface area contributed by atoms with E-state index in [0.29, 0.717) is 5.69 Å². The van der Waals surface area contributed by atoms with E-state index >= 15 is 0 Å². The number of phenols is 1. The lowest BCUT2D eigenvalue weighted by Gasteiger charge is -2.28. The number of amides is 1. The van der Waals surface area contributed by atoms with Gasteiger partial charge in [0.25, 0.3) is 0 Å². The second kappa shape index (κ2) is 6.44. The fourth-order valence-corrected chi connectivity index (χ4v) is 2.18. The normalized spacial score (nSPS) is 12.4. The first-order valence-corrected chi connectivity index (χ1v) is 7.42. The van der Waals surface area contributed by atoms with Gasteiger partial charge in [-0.2, -0.15) is 0 Å². The van der Waals surface area contributed by atoms with Gasteiger partial charge in [0, 0.05) is 29.0 Å². The molecule has 5 heteroatoms. The summed E-state index contributed by atoms with van der Waals surface area (Å²) in [5, 5.41) is 21.8. The number of benzene rings is 1. The second-order valence-corrected chi connectivity index (χ2v) is 7.58. The molecule has 1 aromatic carbocycles. The van der Waals surface area contributed by atoms with Crippen LogP contribution in [-0.2, 0) is 20.4 Å². The average Bonchev–Trinajstić information content (AvgIpc) is 2.35. The summed E-state index contributed by atoms with van der Waals surface area (Å²) in [5.74, 6) is -1.49. The van der Waals surface area contributed by atoms with Crippen molar-refractivity contribution >= 4 is 17.6 Å². The van der Waals surface area contributed by atoms with E-state index in [1.807, 2.05) is 41.5 Å². The quantitative estimate of drug-likeness (QED) is 0.587. The smallest absolute Gasteiger partial charge is 0.328 e. The molecule has 0 atom stereocenters. The summed E-state index contributed by atoms with van der Waals surface area (Å²) in [5.41, 5.74) is 1.37. The van der Waals surface area contributed by atoms with Crippen LogP contribution in [0.3, 0.4) is 0 Å². The van der Waals surface area contributed by atoms with Crippen molar-refractivity contribution in [3.63, 3.8) is 0 Å². The Morgan fingerprint density at radius 3 is 1.74 bits per heavy atom. The molecule has 0 heterocycles. The molecule has 0 aromatic heterocycles. The van der Waals surface area contributed by atoms with Crippen LogP contribution in [-0.4, -0.2) is 22.1 Å². The summed E-state index contributed by atoms with van der Waals surface area (Å²) in [6.07, 6.45) is 1.74. The molecule has 126 valence electrons. The van der Waals surface area contributed by atoms with Gasteiger partial charge in [0.2, 0.25) is 5.91 Å². The highest BCUT2D eigenvalue weighted by Gasteiger charge is 2.26. The number of carbonyl (C=O) groups excluding carboxylic acids is 1. The van der Waals surface area contributed by atoms with Gasteiger partial charge in [0.1, 0.15) is 5.75 Å².